The minimum Gasteiger partial charge on any atom is -0.388 e. The van der Waals surface area contributed by atoms with E-state index in [9.17, 15) is 23.3 Å². The number of quaternary nitrogens is 1. The molecule has 10 heteroatoms. The van der Waals surface area contributed by atoms with Crippen LogP contribution in [0.2, 0.25) is 0 Å². The summed E-state index contributed by atoms with van der Waals surface area (Å²) < 4.78 is 26.6. The molecule has 3 aliphatic heterocycles. The molecule has 184 valence electrons. The standard InChI is InChI=1S/C26H24FN4O4S/c1-36(35)20-8-6-19(7-9-20)31-22-15-30(25(33)21(14-28-31)23(22)31)16-26(34)10-12-29(13-11-26)24(32)17-2-4-18(27)5-3-17/h2-9,14-15,34H,10-13,16H2,1H3/q+1/t31?,36-/m1/s1. The van der Waals surface area contributed by atoms with E-state index in [1.165, 1.54) is 24.3 Å². The minimum absolute atomic E-state index is 0.117. The summed E-state index contributed by atoms with van der Waals surface area (Å²) in [6.45, 7) is 0.796. The Kier molecular flexibility index (Phi) is 5.12. The first-order valence-electron chi connectivity index (χ1n) is 11.7. The van der Waals surface area contributed by atoms with Crippen LogP contribution in [0.1, 0.15) is 28.8 Å². The highest BCUT2D eigenvalue weighted by Gasteiger charge is 2.64. The summed E-state index contributed by atoms with van der Waals surface area (Å²) in [5.74, 6) is -0.603. The largest absolute Gasteiger partial charge is 0.388 e. The van der Waals surface area contributed by atoms with Crippen LogP contribution in [0.25, 0.3) is 0 Å². The summed E-state index contributed by atoms with van der Waals surface area (Å²) in [4.78, 5) is 28.3. The third kappa shape index (κ3) is 3.47. The molecule has 1 aromatic heterocycles. The van der Waals surface area contributed by atoms with Gasteiger partial charge in [-0.05, 0) is 49.2 Å². The average Bonchev–Trinajstić information content (AvgIpc) is 3.32. The maximum absolute atomic E-state index is 13.2. The predicted molar refractivity (Wildman–Crippen MR) is 135 cm³/mol. The lowest BCUT2D eigenvalue weighted by Crippen LogP contribution is -2.49. The third-order valence-corrected chi connectivity index (χ3v) is 8.26. The zero-order valence-corrected chi connectivity index (χ0v) is 20.4. The van der Waals surface area contributed by atoms with E-state index in [2.05, 4.69) is 5.10 Å². The van der Waals surface area contributed by atoms with Gasteiger partial charge in [-0.1, -0.05) is 9.69 Å². The van der Waals surface area contributed by atoms with Crippen LogP contribution in [0.15, 0.2) is 69.5 Å². The quantitative estimate of drug-likeness (QED) is 0.425. The number of hydrogen-bond acceptors (Lipinski definition) is 5. The van der Waals surface area contributed by atoms with Crippen LogP contribution in [0, 0.1) is 5.82 Å². The number of amides is 1. The number of piperidine rings is 1. The number of nitrogens with zero attached hydrogens (tertiary/aromatic N) is 4. The van der Waals surface area contributed by atoms with E-state index in [0.717, 1.165) is 22.0 Å². The monoisotopic (exact) mass is 507 g/mol. The third-order valence-electron chi connectivity index (χ3n) is 7.33. The summed E-state index contributed by atoms with van der Waals surface area (Å²) in [6, 6.07) is 12.8. The van der Waals surface area contributed by atoms with E-state index in [0.29, 0.717) is 37.1 Å². The van der Waals surface area contributed by atoms with Crippen LogP contribution in [0.3, 0.4) is 0 Å². The summed E-state index contributed by atoms with van der Waals surface area (Å²) in [7, 11) is -1.08. The van der Waals surface area contributed by atoms with Crippen molar-refractivity contribution in [2.45, 2.75) is 29.9 Å². The number of halogens is 1. The average molecular weight is 508 g/mol. The van der Waals surface area contributed by atoms with Crippen molar-refractivity contribution in [1.82, 2.24) is 14.1 Å². The van der Waals surface area contributed by atoms with Gasteiger partial charge >= 0.3 is 0 Å². The first kappa shape index (κ1) is 23.0. The van der Waals surface area contributed by atoms with Crippen molar-refractivity contribution in [3.05, 3.63) is 82.0 Å². The first-order valence-corrected chi connectivity index (χ1v) is 13.2. The molecule has 0 spiro atoms. The Labute approximate surface area is 208 Å². The molecule has 1 fully saturated rings. The maximum atomic E-state index is 13.2. The Morgan fingerprint density at radius 1 is 1.14 bits per heavy atom. The molecule has 0 radical (unpaired) electrons. The second-order valence-electron chi connectivity index (χ2n) is 9.56. The molecule has 1 N–H and O–H groups in total. The van der Waals surface area contributed by atoms with Gasteiger partial charge in [-0.2, -0.15) is 0 Å². The van der Waals surface area contributed by atoms with E-state index >= 15 is 0 Å². The van der Waals surface area contributed by atoms with Crippen LogP contribution in [0.4, 0.5) is 21.5 Å². The highest BCUT2D eigenvalue weighted by Crippen LogP contribution is 2.65. The molecule has 0 saturated carbocycles. The van der Waals surface area contributed by atoms with Crippen molar-refractivity contribution in [2.24, 2.45) is 5.10 Å². The van der Waals surface area contributed by atoms with Gasteiger partial charge in [0.2, 0.25) is 0 Å². The zero-order valence-electron chi connectivity index (χ0n) is 19.6. The molecule has 2 atom stereocenters. The van der Waals surface area contributed by atoms with E-state index in [1.54, 1.807) is 40.3 Å². The van der Waals surface area contributed by atoms with Crippen LogP contribution < -0.4 is 10.2 Å². The van der Waals surface area contributed by atoms with Crippen molar-refractivity contribution in [3.8, 4) is 0 Å². The molecule has 8 nitrogen and oxygen atoms in total. The lowest BCUT2D eigenvalue weighted by molar-refractivity contribution is -0.0298. The summed E-state index contributed by atoms with van der Waals surface area (Å²) in [6.07, 6.45) is 5.62. The Morgan fingerprint density at radius 3 is 2.44 bits per heavy atom. The van der Waals surface area contributed by atoms with Gasteiger partial charge in [0, 0.05) is 52.7 Å². The fourth-order valence-corrected chi connectivity index (χ4v) is 5.76. The Morgan fingerprint density at radius 2 is 1.81 bits per heavy atom. The van der Waals surface area contributed by atoms with E-state index in [4.69, 9.17) is 0 Å². The molecule has 3 aliphatic rings. The fourth-order valence-electron chi connectivity index (χ4n) is 5.24. The van der Waals surface area contributed by atoms with Crippen molar-refractivity contribution < 1.29 is 18.5 Å². The van der Waals surface area contributed by atoms with Crippen molar-refractivity contribution in [1.29, 1.82) is 0 Å². The molecular formula is C26H24FN4O4S+. The molecule has 1 unspecified atom stereocenters. The molecule has 0 aliphatic carbocycles. The smallest absolute Gasteiger partial charge is 0.266 e. The number of aliphatic hydroxyl groups is 1. The molecule has 4 heterocycles. The molecular weight excluding hydrogens is 483 g/mol. The molecule has 2 aromatic carbocycles. The molecule has 1 amide bonds. The van der Waals surface area contributed by atoms with Gasteiger partial charge in [-0.15, -0.1) is 0 Å². The lowest BCUT2D eigenvalue weighted by atomic mass is 9.90. The van der Waals surface area contributed by atoms with Gasteiger partial charge < -0.3 is 14.6 Å². The van der Waals surface area contributed by atoms with E-state index in [-0.39, 0.29) is 22.6 Å². The molecule has 3 aromatic rings. The van der Waals surface area contributed by atoms with Crippen molar-refractivity contribution in [3.63, 3.8) is 0 Å². The number of fused-ring (bicyclic) bond motifs is 1. The van der Waals surface area contributed by atoms with Gasteiger partial charge in [0.15, 0.2) is 5.69 Å². The number of carbonyl (C=O) groups excluding carboxylic acids is 1. The molecule has 36 heavy (non-hydrogen) atoms. The Hall–Kier alpha value is -3.47. The number of hydrogen-bond donors (Lipinski definition) is 1. The maximum Gasteiger partial charge on any atom is 0.266 e. The van der Waals surface area contributed by atoms with Gasteiger partial charge in [0.25, 0.3) is 22.8 Å². The number of aromatic nitrogens is 1. The number of likely N-dealkylation sites (tertiary alicyclic amines) is 1. The number of carbonyl (C=O) groups is 1. The first-order chi connectivity index (χ1) is 17.2. The van der Waals surface area contributed by atoms with Crippen LogP contribution in [0.5, 0.6) is 0 Å². The number of benzene rings is 2. The van der Waals surface area contributed by atoms with Gasteiger partial charge in [0.05, 0.1) is 18.3 Å². The molecule has 6 rings (SSSR count). The van der Waals surface area contributed by atoms with E-state index < -0.39 is 22.2 Å². The predicted octanol–water partition coefficient (Wildman–Crippen LogP) is 3.02. The van der Waals surface area contributed by atoms with Gasteiger partial charge in [0.1, 0.15) is 17.6 Å². The van der Waals surface area contributed by atoms with Crippen molar-refractivity contribution in [2.75, 3.05) is 19.3 Å². The van der Waals surface area contributed by atoms with Crippen molar-refractivity contribution >= 4 is 40.0 Å². The molecule has 1 saturated heterocycles. The molecule has 0 bridgehead atoms. The topological polar surface area (TPSA) is 92.0 Å². The normalized spacial score (nSPS) is 21.8. The highest BCUT2D eigenvalue weighted by atomic mass is 32.2. The summed E-state index contributed by atoms with van der Waals surface area (Å²) >= 11 is 0. The Balaban J connectivity index is 1.20. The number of rotatable bonds is 5. The zero-order chi connectivity index (χ0) is 25.2. The number of pyridine rings is 1. The second-order valence-corrected chi connectivity index (χ2v) is 10.9. The SMILES string of the molecule is C[S@@](=O)c1ccc([N+]23N=Cc4c2c3cn(CC2(O)CCN(C(=O)c3ccc(F)cc3)CC2)c4=O)cc1. The van der Waals surface area contributed by atoms with Gasteiger partial charge in [-0.3, -0.25) is 13.8 Å². The van der Waals surface area contributed by atoms with Gasteiger partial charge in [-0.25, -0.2) is 4.39 Å². The van der Waals surface area contributed by atoms with Crippen LogP contribution in [-0.2, 0) is 17.3 Å². The van der Waals surface area contributed by atoms with Crippen LogP contribution >= 0.6 is 0 Å². The highest BCUT2D eigenvalue weighted by molar-refractivity contribution is 7.84. The minimum atomic E-state index is -1.14. The fraction of sp³-hybridized carbons (Fsp3) is 0.269. The van der Waals surface area contributed by atoms with Crippen LogP contribution in [-0.4, -0.2) is 55.9 Å². The van der Waals surface area contributed by atoms with E-state index in [1.807, 2.05) is 12.1 Å². The Bertz CT molecular complexity index is 1510. The second kappa shape index (κ2) is 8.02. The summed E-state index contributed by atoms with van der Waals surface area (Å²) in [5, 5.41) is 15.9. The summed E-state index contributed by atoms with van der Waals surface area (Å²) in [5.41, 5.74) is 2.16. The lowest BCUT2D eigenvalue weighted by Gasteiger charge is -2.38.